The molecule has 0 fully saturated rings. The van der Waals surface area contributed by atoms with Crippen LogP contribution in [0, 0.1) is 0 Å². The van der Waals surface area contributed by atoms with Gasteiger partial charge >= 0.3 is 0 Å². The molecule has 2 aromatic heterocycles. The van der Waals surface area contributed by atoms with Gasteiger partial charge < -0.3 is 23.2 Å². The molecule has 0 aliphatic rings. The summed E-state index contributed by atoms with van der Waals surface area (Å²) in [5.74, 6) is 1.63. The minimum Gasteiger partial charge on any atom is -0.467 e. The second kappa shape index (κ2) is 13.4. The first kappa shape index (κ1) is 28.3. The molecule has 0 bridgehead atoms. The van der Waals surface area contributed by atoms with Crippen molar-refractivity contribution in [2.75, 3.05) is 4.90 Å². The second-order valence-electron chi connectivity index (χ2n) is 10.5. The SMILES string of the molecule is CC(OCc1ccco1)c1ccc(N(c2ccc(-c3ccccc3)cc2)c2ccc(C(C)OCc3ccco3)cc2)cc1. The maximum atomic E-state index is 6.05. The Morgan fingerprint density at radius 1 is 0.488 bits per heavy atom. The summed E-state index contributed by atoms with van der Waals surface area (Å²) >= 11 is 0. The lowest BCUT2D eigenvalue weighted by Gasteiger charge is -2.27. The van der Waals surface area contributed by atoms with Crippen LogP contribution in [0.15, 0.2) is 149 Å². The number of benzene rings is 4. The number of anilines is 3. The van der Waals surface area contributed by atoms with Gasteiger partial charge in [0.05, 0.1) is 24.7 Å². The van der Waals surface area contributed by atoms with Gasteiger partial charge in [0, 0.05) is 17.1 Å². The first-order valence-electron chi connectivity index (χ1n) is 14.6. The molecule has 0 amide bonds. The number of furan rings is 2. The Morgan fingerprint density at radius 3 is 1.33 bits per heavy atom. The van der Waals surface area contributed by atoms with E-state index in [9.17, 15) is 0 Å². The van der Waals surface area contributed by atoms with Crippen LogP contribution in [0.3, 0.4) is 0 Å². The van der Waals surface area contributed by atoms with Crippen LogP contribution in [0.25, 0.3) is 11.1 Å². The van der Waals surface area contributed by atoms with Crippen LogP contribution in [-0.2, 0) is 22.7 Å². The molecule has 6 aromatic rings. The van der Waals surface area contributed by atoms with Gasteiger partial charge in [-0.15, -0.1) is 0 Å². The Kier molecular flexibility index (Phi) is 8.83. The lowest BCUT2D eigenvalue weighted by molar-refractivity contribution is 0.0419. The van der Waals surface area contributed by atoms with Crippen molar-refractivity contribution in [3.8, 4) is 11.1 Å². The van der Waals surface area contributed by atoms with E-state index < -0.39 is 0 Å². The summed E-state index contributed by atoms with van der Waals surface area (Å²) in [5.41, 5.74) is 7.78. The highest BCUT2D eigenvalue weighted by Crippen LogP contribution is 2.37. The quantitative estimate of drug-likeness (QED) is 0.147. The van der Waals surface area contributed by atoms with E-state index in [2.05, 4.69) is 116 Å². The molecule has 5 heteroatoms. The molecule has 4 aromatic carbocycles. The number of hydrogen-bond donors (Lipinski definition) is 0. The molecule has 2 atom stereocenters. The van der Waals surface area contributed by atoms with E-state index in [1.807, 2.05) is 30.3 Å². The lowest BCUT2D eigenvalue weighted by Crippen LogP contribution is -2.10. The van der Waals surface area contributed by atoms with E-state index in [4.69, 9.17) is 18.3 Å². The molecule has 0 spiro atoms. The fourth-order valence-electron chi connectivity index (χ4n) is 5.07. The van der Waals surface area contributed by atoms with Gasteiger partial charge in [-0.25, -0.2) is 0 Å². The topological polar surface area (TPSA) is 48.0 Å². The van der Waals surface area contributed by atoms with Crippen LogP contribution >= 0.6 is 0 Å². The standard InChI is InChI=1S/C38H35NO4/c1-28(42-26-37-10-6-24-40-37)30-12-18-34(19-13-30)39(36-22-16-33(17-23-36)32-8-4-3-5-9-32)35-20-14-31(15-21-35)29(2)43-27-38-11-7-25-41-38/h3-25,28-29H,26-27H2,1-2H3. The maximum Gasteiger partial charge on any atom is 0.129 e. The Labute approximate surface area is 252 Å². The van der Waals surface area contributed by atoms with Crippen molar-refractivity contribution >= 4 is 17.1 Å². The van der Waals surface area contributed by atoms with Crippen molar-refractivity contribution in [1.82, 2.24) is 0 Å². The van der Waals surface area contributed by atoms with Crippen molar-refractivity contribution in [1.29, 1.82) is 0 Å². The summed E-state index contributed by atoms with van der Waals surface area (Å²) in [4.78, 5) is 2.27. The number of rotatable bonds is 12. The molecule has 2 heterocycles. The van der Waals surface area contributed by atoms with E-state index in [0.29, 0.717) is 13.2 Å². The van der Waals surface area contributed by atoms with E-state index >= 15 is 0 Å². The van der Waals surface area contributed by atoms with Crippen molar-refractivity contribution in [2.24, 2.45) is 0 Å². The van der Waals surface area contributed by atoms with Crippen molar-refractivity contribution in [3.05, 3.63) is 163 Å². The predicted molar refractivity (Wildman–Crippen MR) is 170 cm³/mol. The molecule has 0 saturated heterocycles. The molecule has 43 heavy (non-hydrogen) atoms. The number of nitrogens with zero attached hydrogens (tertiary/aromatic N) is 1. The van der Waals surface area contributed by atoms with Crippen LogP contribution in [0.4, 0.5) is 17.1 Å². The van der Waals surface area contributed by atoms with Crippen LogP contribution in [-0.4, -0.2) is 0 Å². The minimum absolute atomic E-state index is 0.0697. The molecule has 0 radical (unpaired) electrons. The third-order valence-electron chi connectivity index (χ3n) is 7.59. The first-order valence-corrected chi connectivity index (χ1v) is 14.6. The van der Waals surface area contributed by atoms with Crippen LogP contribution in [0.2, 0.25) is 0 Å². The molecule has 0 N–H and O–H groups in total. The predicted octanol–water partition coefficient (Wildman–Crippen LogP) is 10.6. The molecule has 2 unspecified atom stereocenters. The molecule has 0 aliphatic heterocycles. The Hall–Kier alpha value is -4.84. The van der Waals surface area contributed by atoms with Gasteiger partial charge in [-0.2, -0.15) is 0 Å². The zero-order valence-electron chi connectivity index (χ0n) is 24.4. The fourth-order valence-corrected chi connectivity index (χ4v) is 5.07. The van der Waals surface area contributed by atoms with Crippen LogP contribution in [0.5, 0.6) is 0 Å². The molecule has 6 rings (SSSR count). The summed E-state index contributed by atoms with van der Waals surface area (Å²) in [5, 5.41) is 0. The van der Waals surface area contributed by atoms with Gasteiger partial charge in [0.2, 0.25) is 0 Å². The van der Waals surface area contributed by atoms with Crippen molar-refractivity contribution in [3.63, 3.8) is 0 Å². The Morgan fingerprint density at radius 2 is 0.907 bits per heavy atom. The molecular formula is C38H35NO4. The normalized spacial score (nSPS) is 12.6. The Bertz CT molecular complexity index is 1570. The average molecular weight is 570 g/mol. The highest BCUT2D eigenvalue weighted by Gasteiger charge is 2.16. The summed E-state index contributed by atoms with van der Waals surface area (Å²) in [6.45, 7) is 5.00. The lowest BCUT2D eigenvalue weighted by atomic mass is 10.0. The van der Waals surface area contributed by atoms with E-state index in [1.165, 1.54) is 11.1 Å². The van der Waals surface area contributed by atoms with E-state index in [1.54, 1.807) is 12.5 Å². The molecule has 0 aliphatic carbocycles. The molecule has 216 valence electrons. The molecule has 5 nitrogen and oxygen atoms in total. The first-order chi connectivity index (χ1) is 21.1. The van der Waals surface area contributed by atoms with Crippen LogP contribution in [0.1, 0.15) is 48.7 Å². The Balaban J connectivity index is 1.24. The van der Waals surface area contributed by atoms with Gasteiger partial charge in [-0.1, -0.05) is 66.7 Å². The summed E-state index contributed by atoms with van der Waals surface area (Å²) in [6.07, 6.45) is 3.19. The monoisotopic (exact) mass is 569 g/mol. The summed E-state index contributed by atoms with van der Waals surface area (Å²) in [7, 11) is 0. The van der Waals surface area contributed by atoms with Gasteiger partial charge in [-0.3, -0.25) is 0 Å². The highest BCUT2D eigenvalue weighted by molar-refractivity contribution is 5.78. The van der Waals surface area contributed by atoms with E-state index in [0.717, 1.165) is 39.7 Å². The van der Waals surface area contributed by atoms with Crippen molar-refractivity contribution < 1.29 is 18.3 Å². The highest BCUT2D eigenvalue weighted by atomic mass is 16.5. The van der Waals surface area contributed by atoms with Gasteiger partial charge in [0.1, 0.15) is 24.7 Å². The van der Waals surface area contributed by atoms with Crippen LogP contribution < -0.4 is 4.90 Å². The number of hydrogen-bond acceptors (Lipinski definition) is 5. The summed E-state index contributed by atoms with van der Waals surface area (Å²) < 4.78 is 22.9. The summed E-state index contributed by atoms with van der Waals surface area (Å²) in [6, 6.07) is 43.9. The minimum atomic E-state index is -0.0697. The van der Waals surface area contributed by atoms with Gasteiger partial charge in [0.25, 0.3) is 0 Å². The fraction of sp³-hybridized carbons (Fsp3) is 0.158. The third-order valence-corrected chi connectivity index (χ3v) is 7.59. The number of ether oxygens (including phenoxy) is 2. The third kappa shape index (κ3) is 6.97. The zero-order valence-corrected chi connectivity index (χ0v) is 24.4. The molecular weight excluding hydrogens is 534 g/mol. The van der Waals surface area contributed by atoms with Gasteiger partial charge in [-0.05, 0) is 96.8 Å². The van der Waals surface area contributed by atoms with Crippen molar-refractivity contribution in [2.45, 2.75) is 39.3 Å². The smallest absolute Gasteiger partial charge is 0.129 e. The van der Waals surface area contributed by atoms with Gasteiger partial charge in [0.15, 0.2) is 0 Å². The molecule has 0 saturated carbocycles. The average Bonchev–Trinajstić information content (AvgIpc) is 3.79. The van der Waals surface area contributed by atoms with E-state index in [-0.39, 0.29) is 12.2 Å². The maximum absolute atomic E-state index is 6.05. The second-order valence-corrected chi connectivity index (χ2v) is 10.5. The zero-order chi connectivity index (χ0) is 29.4. The largest absolute Gasteiger partial charge is 0.467 e.